The molecule has 1 unspecified atom stereocenters. The summed E-state index contributed by atoms with van der Waals surface area (Å²) in [5.41, 5.74) is 2.03. The van der Waals surface area contributed by atoms with Crippen molar-refractivity contribution in [3.05, 3.63) is 29.8 Å². The zero-order valence-electron chi connectivity index (χ0n) is 13.9. The maximum Gasteiger partial charge on any atom is 0.221 e. The number of hydrogen-bond donors (Lipinski definition) is 3. The number of aliphatic imine (C=N–C) groups is 1. The third-order valence-electron chi connectivity index (χ3n) is 3.73. The first-order chi connectivity index (χ1) is 11.2. The van der Waals surface area contributed by atoms with E-state index in [-0.39, 0.29) is 5.91 Å². The Morgan fingerprint density at radius 3 is 2.70 bits per heavy atom. The van der Waals surface area contributed by atoms with Gasteiger partial charge in [-0.3, -0.25) is 9.79 Å². The lowest BCUT2D eigenvalue weighted by Crippen LogP contribution is -2.41. The molecule has 23 heavy (non-hydrogen) atoms. The predicted molar refractivity (Wildman–Crippen MR) is 92.8 cm³/mol. The molecule has 1 aromatic rings. The van der Waals surface area contributed by atoms with E-state index in [1.165, 1.54) is 12.5 Å². The summed E-state index contributed by atoms with van der Waals surface area (Å²) in [5.74, 6) is 0.746. The SMILES string of the molecule is CN=C(NCCc1ccc(NC(C)=O)cc1)NCC1CCCO1. The van der Waals surface area contributed by atoms with E-state index in [0.717, 1.165) is 50.6 Å². The Kier molecular flexibility index (Phi) is 6.87. The molecule has 1 aromatic carbocycles. The molecule has 0 aromatic heterocycles. The molecule has 6 heteroatoms. The molecule has 3 N–H and O–H groups in total. The average Bonchev–Trinajstić information content (AvgIpc) is 3.05. The van der Waals surface area contributed by atoms with Crippen LogP contribution in [0.2, 0.25) is 0 Å². The lowest BCUT2D eigenvalue weighted by Gasteiger charge is -2.15. The maximum absolute atomic E-state index is 11.0. The number of nitrogens with zero attached hydrogens (tertiary/aromatic N) is 1. The first kappa shape index (κ1) is 17.3. The number of anilines is 1. The van der Waals surface area contributed by atoms with Crippen molar-refractivity contribution in [3.63, 3.8) is 0 Å². The van der Waals surface area contributed by atoms with Gasteiger partial charge in [0, 0.05) is 39.4 Å². The number of benzene rings is 1. The highest BCUT2D eigenvalue weighted by atomic mass is 16.5. The van der Waals surface area contributed by atoms with Crippen LogP contribution in [0.15, 0.2) is 29.3 Å². The van der Waals surface area contributed by atoms with Crippen molar-refractivity contribution in [2.45, 2.75) is 32.3 Å². The van der Waals surface area contributed by atoms with Crippen molar-refractivity contribution in [2.75, 3.05) is 32.1 Å². The number of rotatable bonds is 6. The molecular weight excluding hydrogens is 292 g/mol. The predicted octanol–water partition coefficient (Wildman–Crippen LogP) is 1.53. The molecule has 6 nitrogen and oxygen atoms in total. The Bertz CT molecular complexity index is 522. The zero-order chi connectivity index (χ0) is 16.5. The standard InChI is InChI=1S/C17H26N4O2/c1-13(22)21-15-7-5-14(6-8-15)9-10-19-17(18-2)20-12-16-4-3-11-23-16/h5-8,16H,3-4,9-12H2,1-2H3,(H,21,22)(H2,18,19,20). The normalized spacial score (nSPS) is 17.8. The molecule has 0 aliphatic carbocycles. The van der Waals surface area contributed by atoms with Crippen LogP contribution in [-0.4, -0.2) is 44.7 Å². The van der Waals surface area contributed by atoms with Crippen LogP contribution < -0.4 is 16.0 Å². The van der Waals surface area contributed by atoms with E-state index in [1.807, 2.05) is 24.3 Å². The van der Waals surface area contributed by atoms with Gasteiger partial charge >= 0.3 is 0 Å². The van der Waals surface area contributed by atoms with Crippen LogP contribution in [-0.2, 0) is 16.0 Å². The Hall–Kier alpha value is -2.08. The molecule has 0 saturated carbocycles. The Labute approximate surface area is 137 Å². The maximum atomic E-state index is 11.0. The molecule has 0 spiro atoms. The third-order valence-corrected chi connectivity index (χ3v) is 3.73. The van der Waals surface area contributed by atoms with Crippen molar-refractivity contribution in [2.24, 2.45) is 4.99 Å². The van der Waals surface area contributed by atoms with Crippen molar-refractivity contribution >= 4 is 17.6 Å². The van der Waals surface area contributed by atoms with E-state index in [9.17, 15) is 4.79 Å². The highest BCUT2D eigenvalue weighted by Gasteiger charge is 2.15. The fourth-order valence-electron chi connectivity index (χ4n) is 2.52. The van der Waals surface area contributed by atoms with Gasteiger partial charge in [-0.1, -0.05) is 12.1 Å². The summed E-state index contributed by atoms with van der Waals surface area (Å²) in [5, 5.41) is 9.36. The van der Waals surface area contributed by atoms with Crippen LogP contribution in [0.25, 0.3) is 0 Å². The molecule has 1 saturated heterocycles. The van der Waals surface area contributed by atoms with Crippen molar-refractivity contribution < 1.29 is 9.53 Å². The molecule has 1 amide bonds. The van der Waals surface area contributed by atoms with E-state index in [1.54, 1.807) is 7.05 Å². The summed E-state index contributed by atoms with van der Waals surface area (Å²) in [6.07, 6.45) is 3.45. The summed E-state index contributed by atoms with van der Waals surface area (Å²) in [4.78, 5) is 15.2. The van der Waals surface area contributed by atoms with Gasteiger partial charge in [0.25, 0.3) is 0 Å². The molecule has 1 atom stereocenters. The molecule has 1 heterocycles. The second-order valence-corrected chi connectivity index (χ2v) is 5.64. The smallest absolute Gasteiger partial charge is 0.221 e. The van der Waals surface area contributed by atoms with E-state index in [0.29, 0.717) is 6.10 Å². The molecular formula is C17H26N4O2. The van der Waals surface area contributed by atoms with Crippen LogP contribution in [0.1, 0.15) is 25.3 Å². The van der Waals surface area contributed by atoms with Gasteiger partial charge in [0.2, 0.25) is 5.91 Å². The van der Waals surface area contributed by atoms with Crippen LogP contribution >= 0.6 is 0 Å². The molecule has 0 bridgehead atoms. The van der Waals surface area contributed by atoms with Gasteiger partial charge in [-0.15, -0.1) is 0 Å². The average molecular weight is 318 g/mol. The van der Waals surface area contributed by atoms with Crippen LogP contribution in [0.4, 0.5) is 5.69 Å². The van der Waals surface area contributed by atoms with Gasteiger partial charge in [0.1, 0.15) is 0 Å². The summed E-state index contributed by atoms with van der Waals surface area (Å²) in [6.45, 7) is 3.97. The van der Waals surface area contributed by atoms with Crippen molar-refractivity contribution in [1.29, 1.82) is 0 Å². The second kappa shape index (κ2) is 9.15. The van der Waals surface area contributed by atoms with Gasteiger partial charge in [-0.2, -0.15) is 0 Å². The minimum absolute atomic E-state index is 0.0551. The van der Waals surface area contributed by atoms with Crippen molar-refractivity contribution in [1.82, 2.24) is 10.6 Å². The molecule has 0 radical (unpaired) electrons. The third kappa shape index (κ3) is 6.28. The topological polar surface area (TPSA) is 74.8 Å². The van der Waals surface area contributed by atoms with Crippen LogP contribution in [0.5, 0.6) is 0 Å². The molecule has 1 fully saturated rings. The molecule has 1 aliphatic rings. The van der Waals surface area contributed by atoms with Gasteiger partial charge < -0.3 is 20.7 Å². The lowest BCUT2D eigenvalue weighted by molar-refractivity contribution is -0.114. The summed E-state index contributed by atoms with van der Waals surface area (Å²) < 4.78 is 5.59. The fraction of sp³-hybridized carbons (Fsp3) is 0.529. The Balaban J connectivity index is 1.69. The van der Waals surface area contributed by atoms with Gasteiger partial charge in [0.05, 0.1) is 6.10 Å². The minimum Gasteiger partial charge on any atom is -0.376 e. The first-order valence-corrected chi connectivity index (χ1v) is 8.10. The fourth-order valence-corrected chi connectivity index (χ4v) is 2.52. The van der Waals surface area contributed by atoms with Crippen LogP contribution in [0.3, 0.4) is 0 Å². The summed E-state index contributed by atoms with van der Waals surface area (Å²) in [6, 6.07) is 7.88. The van der Waals surface area contributed by atoms with Gasteiger partial charge in [-0.25, -0.2) is 0 Å². The second-order valence-electron chi connectivity index (χ2n) is 5.64. The summed E-state index contributed by atoms with van der Waals surface area (Å²) in [7, 11) is 1.77. The van der Waals surface area contributed by atoms with E-state index >= 15 is 0 Å². The van der Waals surface area contributed by atoms with Crippen LogP contribution in [0, 0.1) is 0 Å². The first-order valence-electron chi connectivity index (χ1n) is 8.10. The lowest BCUT2D eigenvalue weighted by atomic mass is 10.1. The number of carbonyl (C=O) groups excluding carboxylic acids is 1. The van der Waals surface area contributed by atoms with E-state index in [2.05, 4.69) is 20.9 Å². The number of guanidine groups is 1. The quantitative estimate of drug-likeness (QED) is 0.549. The summed E-state index contributed by atoms with van der Waals surface area (Å²) >= 11 is 0. The van der Waals surface area contributed by atoms with E-state index in [4.69, 9.17) is 4.74 Å². The minimum atomic E-state index is -0.0551. The van der Waals surface area contributed by atoms with Gasteiger partial charge in [0.15, 0.2) is 5.96 Å². The number of hydrogen-bond acceptors (Lipinski definition) is 3. The molecule has 126 valence electrons. The molecule has 2 rings (SSSR count). The monoisotopic (exact) mass is 318 g/mol. The number of amides is 1. The highest BCUT2D eigenvalue weighted by molar-refractivity contribution is 5.88. The Morgan fingerprint density at radius 1 is 1.30 bits per heavy atom. The number of carbonyl (C=O) groups is 1. The van der Waals surface area contributed by atoms with E-state index < -0.39 is 0 Å². The number of ether oxygens (including phenoxy) is 1. The number of nitrogens with one attached hydrogen (secondary N) is 3. The Morgan fingerprint density at radius 2 is 2.09 bits per heavy atom. The largest absolute Gasteiger partial charge is 0.376 e. The van der Waals surface area contributed by atoms with Gasteiger partial charge in [-0.05, 0) is 37.0 Å². The highest BCUT2D eigenvalue weighted by Crippen LogP contribution is 2.11. The molecule has 1 aliphatic heterocycles. The van der Waals surface area contributed by atoms with Crippen molar-refractivity contribution in [3.8, 4) is 0 Å². The zero-order valence-corrected chi connectivity index (χ0v) is 13.9.